The van der Waals surface area contributed by atoms with Crippen LogP contribution in [0.5, 0.6) is 5.75 Å². The minimum absolute atomic E-state index is 0.0183. The Kier molecular flexibility index (Phi) is 5.66. The van der Waals surface area contributed by atoms with Gasteiger partial charge in [-0.3, -0.25) is 4.79 Å². The first-order chi connectivity index (χ1) is 11.4. The first kappa shape index (κ1) is 18.1. The molecule has 1 heterocycles. The van der Waals surface area contributed by atoms with Crippen molar-refractivity contribution < 1.29 is 22.7 Å². The van der Waals surface area contributed by atoms with Gasteiger partial charge in [0.05, 0.1) is 12.7 Å². The van der Waals surface area contributed by atoms with Gasteiger partial charge in [0.25, 0.3) is 5.91 Å². The molecule has 0 aliphatic rings. The molecule has 0 saturated carbocycles. The van der Waals surface area contributed by atoms with Gasteiger partial charge < -0.3 is 10.1 Å². The van der Waals surface area contributed by atoms with Gasteiger partial charge in [0.2, 0.25) is 0 Å². The number of aromatic nitrogens is 2. The number of hydrogen-bond acceptors (Lipinski definition) is 5. The average molecular weight is 357 g/mol. The topological polar surface area (TPSA) is 64.1 Å². The zero-order valence-corrected chi connectivity index (χ0v) is 13.7. The van der Waals surface area contributed by atoms with Crippen molar-refractivity contribution in [3.05, 3.63) is 47.3 Å². The number of methoxy groups -OCH3 is 1. The van der Waals surface area contributed by atoms with Crippen LogP contribution in [0.4, 0.5) is 13.2 Å². The van der Waals surface area contributed by atoms with Crippen molar-refractivity contribution in [3.63, 3.8) is 0 Å². The summed E-state index contributed by atoms with van der Waals surface area (Å²) in [7, 11) is 1.47. The predicted octanol–water partition coefficient (Wildman–Crippen LogP) is 3.16. The number of hydrogen-bond donors (Lipinski definition) is 1. The Morgan fingerprint density at radius 1 is 1.33 bits per heavy atom. The van der Waals surface area contributed by atoms with E-state index in [-0.39, 0.29) is 11.7 Å². The summed E-state index contributed by atoms with van der Waals surface area (Å²) in [6, 6.07) is 6.89. The van der Waals surface area contributed by atoms with Gasteiger partial charge >= 0.3 is 6.18 Å². The number of para-hydroxylation sites is 1. The van der Waals surface area contributed by atoms with Crippen LogP contribution in [0.1, 0.15) is 21.6 Å². The van der Waals surface area contributed by atoms with Crippen LogP contribution in [0.15, 0.2) is 35.6 Å². The van der Waals surface area contributed by atoms with Crippen molar-refractivity contribution in [1.29, 1.82) is 0 Å². The second-order valence-corrected chi connectivity index (χ2v) is 5.38. The lowest BCUT2D eigenvalue weighted by Crippen LogP contribution is -2.27. The molecule has 128 valence electrons. The van der Waals surface area contributed by atoms with E-state index >= 15 is 0 Å². The maximum atomic E-state index is 13.1. The van der Waals surface area contributed by atoms with Crippen LogP contribution in [-0.4, -0.2) is 29.2 Å². The highest BCUT2D eigenvalue weighted by Crippen LogP contribution is 2.31. The van der Waals surface area contributed by atoms with Gasteiger partial charge in [0.1, 0.15) is 5.75 Å². The summed E-state index contributed by atoms with van der Waals surface area (Å²) in [5.74, 6) is -0.372. The van der Waals surface area contributed by atoms with Crippen LogP contribution in [0.3, 0.4) is 0 Å². The summed E-state index contributed by atoms with van der Waals surface area (Å²) >= 11 is 0.964. The van der Waals surface area contributed by atoms with Gasteiger partial charge in [-0.2, -0.15) is 13.2 Å². The Morgan fingerprint density at radius 2 is 2.04 bits per heavy atom. The van der Waals surface area contributed by atoms with Crippen molar-refractivity contribution in [2.24, 2.45) is 0 Å². The minimum Gasteiger partial charge on any atom is -0.496 e. The molecule has 1 aromatic carbocycles. The smallest absolute Gasteiger partial charge is 0.434 e. The number of ether oxygens (including phenoxy) is 1. The Morgan fingerprint density at radius 3 is 2.67 bits per heavy atom. The molecule has 0 spiro atoms. The van der Waals surface area contributed by atoms with Gasteiger partial charge in [-0.1, -0.05) is 30.0 Å². The number of rotatable bonds is 5. The van der Waals surface area contributed by atoms with Crippen LogP contribution in [0.2, 0.25) is 0 Å². The lowest BCUT2D eigenvalue weighted by molar-refractivity contribution is -0.142. The fourth-order valence-electron chi connectivity index (χ4n) is 1.97. The molecule has 1 amide bonds. The van der Waals surface area contributed by atoms with Crippen molar-refractivity contribution in [2.75, 3.05) is 13.4 Å². The lowest BCUT2D eigenvalue weighted by atomic mass is 10.1. The molecule has 1 N–H and O–H groups in total. The standard InChI is InChI=1S/C15H14F3N3O2S/c1-23-11-6-4-3-5-9(11)7-19-13(22)10-8-20-14(24-2)21-12(10)15(16,17)18/h3-6,8H,7H2,1-2H3,(H,19,22). The highest BCUT2D eigenvalue weighted by molar-refractivity contribution is 7.98. The fraction of sp³-hybridized carbons (Fsp3) is 0.267. The van der Waals surface area contributed by atoms with Gasteiger partial charge in [0.15, 0.2) is 10.9 Å². The molecule has 5 nitrogen and oxygen atoms in total. The van der Waals surface area contributed by atoms with Gasteiger partial charge in [-0.25, -0.2) is 9.97 Å². The number of benzene rings is 1. The second kappa shape index (κ2) is 7.52. The van der Waals surface area contributed by atoms with Crippen LogP contribution in [-0.2, 0) is 12.7 Å². The van der Waals surface area contributed by atoms with Crippen LogP contribution in [0.25, 0.3) is 0 Å². The number of alkyl halides is 3. The Bertz CT molecular complexity index is 738. The normalized spacial score (nSPS) is 11.2. The van der Waals surface area contributed by atoms with Crippen molar-refractivity contribution in [1.82, 2.24) is 15.3 Å². The highest BCUT2D eigenvalue weighted by Gasteiger charge is 2.38. The zero-order chi connectivity index (χ0) is 17.7. The summed E-state index contributed by atoms with van der Waals surface area (Å²) in [5, 5.41) is 2.38. The molecule has 0 radical (unpaired) electrons. The van der Waals surface area contributed by atoms with Crippen LogP contribution < -0.4 is 10.1 Å². The number of carbonyl (C=O) groups excluding carboxylic acids is 1. The number of halogens is 3. The van der Waals surface area contributed by atoms with Gasteiger partial charge in [-0.15, -0.1) is 0 Å². The minimum atomic E-state index is -4.75. The fourth-order valence-corrected chi connectivity index (χ4v) is 2.31. The van der Waals surface area contributed by atoms with Crippen LogP contribution in [0, 0.1) is 0 Å². The molecule has 0 unspecified atom stereocenters. The largest absolute Gasteiger partial charge is 0.496 e. The number of amides is 1. The summed E-state index contributed by atoms with van der Waals surface area (Å²) in [6.07, 6.45) is -2.30. The monoisotopic (exact) mass is 357 g/mol. The summed E-state index contributed by atoms with van der Waals surface area (Å²) in [5.41, 5.74) is -1.22. The van der Waals surface area contributed by atoms with Crippen molar-refractivity contribution >= 4 is 17.7 Å². The molecule has 2 rings (SSSR count). The Labute approximate surface area is 140 Å². The maximum Gasteiger partial charge on any atom is 0.434 e. The molecule has 1 aromatic heterocycles. The molecule has 0 aliphatic heterocycles. The summed E-state index contributed by atoms with van der Waals surface area (Å²) in [6.45, 7) is 0.0183. The van der Waals surface area contributed by atoms with E-state index in [0.717, 1.165) is 18.0 Å². The van der Waals surface area contributed by atoms with E-state index in [0.29, 0.717) is 11.3 Å². The highest BCUT2D eigenvalue weighted by atomic mass is 32.2. The van der Waals surface area contributed by atoms with E-state index in [2.05, 4.69) is 15.3 Å². The third kappa shape index (κ3) is 4.16. The van der Waals surface area contributed by atoms with Crippen molar-refractivity contribution in [3.8, 4) is 5.75 Å². The Hall–Kier alpha value is -2.29. The lowest BCUT2D eigenvalue weighted by Gasteiger charge is -2.13. The average Bonchev–Trinajstić information content (AvgIpc) is 2.58. The van der Waals surface area contributed by atoms with E-state index < -0.39 is 23.3 Å². The van der Waals surface area contributed by atoms with E-state index in [1.165, 1.54) is 7.11 Å². The molecule has 2 aromatic rings. The molecule has 0 bridgehead atoms. The Balaban J connectivity index is 2.24. The molecule has 9 heteroatoms. The molecule has 0 saturated heterocycles. The summed E-state index contributed by atoms with van der Waals surface area (Å²) in [4.78, 5) is 19.3. The predicted molar refractivity (Wildman–Crippen MR) is 83.0 cm³/mol. The van der Waals surface area contributed by atoms with E-state index in [1.54, 1.807) is 30.5 Å². The number of nitrogens with zero attached hydrogens (tertiary/aromatic N) is 2. The zero-order valence-electron chi connectivity index (χ0n) is 12.8. The van der Waals surface area contributed by atoms with E-state index in [9.17, 15) is 18.0 Å². The molecule has 0 fully saturated rings. The number of nitrogens with one attached hydrogen (secondary N) is 1. The van der Waals surface area contributed by atoms with Gasteiger partial charge in [-0.05, 0) is 12.3 Å². The maximum absolute atomic E-state index is 13.1. The van der Waals surface area contributed by atoms with Crippen molar-refractivity contribution in [2.45, 2.75) is 17.9 Å². The van der Waals surface area contributed by atoms with E-state index in [1.807, 2.05) is 0 Å². The SMILES string of the molecule is COc1ccccc1CNC(=O)c1cnc(SC)nc1C(F)(F)F. The first-order valence-corrected chi connectivity index (χ1v) is 7.97. The molecule has 24 heavy (non-hydrogen) atoms. The number of carbonyl (C=O) groups is 1. The molecular formula is C15H14F3N3O2S. The quantitative estimate of drug-likeness (QED) is 0.658. The third-order valence-electron chi connectivity index (χ3n) is 3.09. The first-order valence-electron chi connectivity index (χ1n) is 6.75. The summed E-state index contributed by atoms with van der Waals surface area (Å²) < 4.78 is 44.5. The molecular weight excluding hydrogens is 343 g/mol. The third-order valence-corrected chi connectivity index (χ3v) is 3.66. The molecule has 0 aliphatic carbocycles. The van der Waals surface area contributed by atoms with E-state index in [4.69, 9.17) is 4.74 Å². The van der Waals surface area contributed by atoms with Gasteiger partial charge in [0, 0.05) is 18.3 Å². The second-order valence-electron chi connectivity index (χ2n) is 4.61. The molecule has 0 atom stereocenters. The van der Waals surface area contributed by atoms with Crippen LogP contribution >= 0.6 is 11.8 Å². The number of thioether (sulfide) groups is 1.